The molecule has 8 heteroatoms. The smallest absolute Gasteiger partial charge is 0.334 e. The zero-order valence-electron chi connectivity index (χ0n) is 14.8. The summed E-state index contributed by atoms with van der Waals surface area (Å²) in [5, 5.41) is 4.21. The third kappa shape index (κ3) is 2.95. The molecule has 2 fully saturated rings. The molecular weight excluding hydrogens is 345 g/mol. The molecule has 4 rings (SSSR count). The van der Waals surface area contributed by atoms with Crippen LogP contribution in [0.1, 0.15) is 68.6 Å². The molecule has 0 N–H and O–H groups in total. The Bertz CT molecular complexity index is 854. The van der Waals surface area contributed by atoms with Gasteiger partial charge in [-0.05, 0) is 37.7 Å². The molecule has 0 radical (unpaired) electrons. The Hall–Kier alpha value is -2.12. The summed E-state index contributed by atoms with van der Waals surface area (Å²) in [6.45, 7) is 4.26. The van der Waals surface area contributed by atoms with Crippen molar-refractivity contribution in [2.75, 3.05) is 6.54 Å². The molecule has 140 valence electrons. The molecule has 1 aliphatic heterocycles. The van der Waals surface area contributed by atoms with Crippen LogP contribution in [0.25, 0.3) is 5.65 Å². The molecule has 1 saturated heterocycles. The summed E-state index contributed by atoms with van der Waals surface area (Å²) in [6.07, 6.45) is -1.14. The molecule has 1 unspecified atom stereocenters. The molecule has 0 aromatic carbocycles. The Morgan fingerprint density at radius 3 is 2.58 bits per heavy atom. The van der Waals surface area contributed by atoms with Crippen LogP contribution in [0.2, 0.25) is 0 Å². The van der Waals surface area contributed by atoms with Crippen molar-refractivity contribution in [1.82, 2.24) is 19.5 Å². The molecule has 2 aliphatic rings. The number of halogens is 3. The van der Waals surface area contributed by atoms with Gasteiger partial charge in [0.2, 0.25) is 5.91 Å². The first-order valence-electron chi connectivity index (χ1n) is 9.04. The number of hydrogen-bond donors (Lipinski definition) is 0. The first kappa shape index (κ1) is 17.3. The maximum Gasteiger partial charge on any atom is 0.433 e. The lowest BCUT2D eigenvalue weighted by molar-refractivity contribution is -0.143. The van der Waals surface area contributed by atoms with Crippen molar-refractivity contribution >= 4 is 11.6 Å². The highest BCUT2D eigenvalue weighted by molar-refractivity contribution is 5.81. The fraction of sp³-hybridized carbons (Fsp3) is 0.611. The van der Waals surface area contributed by atoms with Gasteiger partial charge in [-0.1, -0.05) is 13.8 Å². The van der Waals surface area contributed by atoms with Crippen molar-refractivity contribution in [3.63, 3.8) is 0 Å². The second kappa shape index (κ2) is 5.96. The number of carbonyl (C=O) groups excluding carboxylic acids is 1. The van der Waals surface area contributed by atoms with E-state index in [0.717, 1.165) is 36.3 Å². The number of hydrogen-bond acceptors (Lipinski definition) is 3. The summed E-state index contributed by atoms with van der Waals surface area (Å²) in [5.74, 6) is 0.0688. The molecule has 0 bridgehead atoms. The summed E-state index contributed by atoms with van der Waals surface area (Å²) in [5.41, 5.74) is 0.240. The van der Waals surface area contributed by atoms with Gasteiger partial charge in [-0.25, -0.2) is 9.50 Å². The Morgan fingerprint density at radius 2 is 1.96 bits per heavy atom. The summed E-state index contributed by atoms with van der Waals surface area (Å²) in [6, 6.07) is 2.41. The Kier molecular flexibility index (Phi) is 3.96. The molecule has 1 aliphatic carbocycles. The summed E-state index contributed by atoms with van der Waals surface area (Å²) < 4.78 is 41.4. The van der Waals surface area contributed by atoms with Crippen molar-refractivity contribution in [1.29, 1.82) is 0 Å². The van der Waals surface area contributed by atoms with Crippen molar-refractivity contribution in [2.45, 2.75) is 57.7 Å². The highest BCUT2D eigenvalue weighted by atomic mass is 19.4. The van der Waals surface area contributed by atoms with E-state index in [1.807, 2.05) is 13.8 Å². The van der Waals surface area contributed by atoms with E-state index in [4.69, 9.17) is 0 Å². The predicted octanol–water partition coefficient (Wildman–Crippen LogP) is 3.95. The van der Waals surface area contributed by atoms with Crippen molar-refractivity contribution in [2.24, 2.45) is 5.92 Å². The van der Waals surface area contributed by atoms with E-state index in [1.54, 1.807) is 11.0 Å². The minimum Gasteiger partial charge on any atom is -0.334 e. The number of alkyl halides is 3. The van der Waals surface area contributed by atoms with Gasteiger partial charge in [0.1, 0.15) is 5.69 Å². The monoisotopic (exact) mass is 366 g/mol. The van der Waals surface area contributed by atoms with E-state index in [9.17, 15) is 18.0 Å². The van der Waals surface area contributed by atoms with Crippen LogP contribution in [-0.4, -0.2) is 31.9 Å². The van der Waals surface area contributed by atoms with Gasteiger partial charge in [0.15, 0.2) is 5.65 Å². The number of amides is 1. The van der Waals surface area contributed by atoms with Crippen LogP contribution in [0.3, 0.4) is 0 Å². The Balaban J connectivity index is 1.78. The lowest BCUT2D eigenvalue weighted by Crippen LogP contribution is -2.31. The Labute approximate surface area is 149 Å². The maximum atomic E-state index is 13.5. The molecule has 0 spiro atoms. The van der Waals surface area contributed by atoms with Gasteiger partial charge in [-0.2, -0.15) is 18.3 Å². The van der Waals surface area contributed by atoms with Crippen LogP contribution in [0, 0.1) is 5.92 Å². The lowest BCUT2D eigenvalue weighted by atomic mass is 10.1. The highest BCUT2D eigenvalue weighted by Crippen LogP contribution is 2.39. The topological polar surface area (TPSA) is 50.5 Å². The van der Waals surface area contributed by atoms with Crippen LogP contribution >= 0.6 is 0 Å². The zero-order valence-corrected chi connectivity index (χ0v) is 14.8. The molecule has 3 heterocycles. The van der Waals surface area contributed by atoms with Crippen molar-refractivity contribution in [3.05, 3.63) is 29.2 Å². The first-order valence-corrected chi connectivity index (χ1v) is 9.04. The second-order valence-electron chi connectivity index (χ2n) is 7.52. The average molecular weight is 366 g/mol. The van der Waals surface area contributed by atoms with E-state index in [-0.39, 0.29) is 29.4 Å². The molecule has 5 nitrogen and oxygen atoms in total. The molecule has 26 heavy (non-hydrogen) atoms. The van der Waals surface area contributed by atoms with E-state index in [1.165, 1.54) is 0 Å². The van der Waals surface area contributed by atoms with Gasteiger partial charge >= 0.3 is 6.18 Å². The molecule has 1 amide bonds. The summed E-state index contributed by atoms with van der Waals surface area (Å²) in [7, 11) is 0. The zero-order chi connectivity index (χ0) is 18.6. The van der Waals surface area contributed by atoms with E-state index < -0.39 is 11.9 Å². The largest absolute Gasteiger partial charge is 0.433 e. The number of rotatable bonds is 3. The van der Waals surface area contributed by atoms with Gasteiger partial charge in [-0.15, -0.1) is 0 Å². The summed E-state index contributed by atoms with van der Waals surface area (Å²) in [4.78, 5) is 18.6. The van der Waals surface area contributed by atoms with E-state index in [0.29, 0.717) is 17.9 Å². The van der Waals surface area contributed by atoms with Crippen LogP contribution in [0.4, 0.5) is 13.2 Å². The van der Waals surface area contributed by atoms with Crippen LogP contribution in [0.5, 0.6) is 0 Å². The second-order valence-corrected chi connectivity index (χ2v) is 7.52. The predicted molar refractivity (Wildman–Crippen MR) is 88.5 cm³/mol. The number of aromatic nitrogens is 3. The Morgan fingerprint density at radius 1 is 1.23 bits per heavy atom. The van der Waals surface area contributed by atoms with Gasteiger partial charge in [-0.3, -0.25) is 4.79 Å². The SMILES string of the molecule is CC(C)c1cc(C(F)(F)F)n2nc(C3CCCN3C(=O)C3CC3)cc2n1. The highest BCUT2D eigenvalue weighted by Gasteiger charge is 2.40. The fourth-order valence-corrected chi connectivity index (χ4v) is 3.57. The standard InChI is InChI=1S/C18H21F3N4O/c1-10(2)12-8-15(18(19,20)21)25-16(22-12)9-13(23-25)14-4-3-7-24(14)17(26)11-5-6-11/h8-11,14H,3-7H2,1-2H3. The molecule has 2 aromatic heterocycles. The molecule has 2 aromatic rings. The van der Waals surface area contributed by atoms with Gasteiger partial charge in [0.05, 0.1) is 11.7 Å². The number of nitrogens with zero attached hydrogens (tertiary/aromatic N) is 4. The lowest BCUT2D eigenvalue weighted by Gasteiger charge is -2.23. The molecular formula is C18H21F3N4O. The third-order valence-corrected chi connectivity index (χ3v) is 5.15. The number of fused-ring (bicyclic) bond motifs is 1. The van der Waals surface area contributed by atoms with Crippen LogP contribution in [-0.2, 0) is 11.0 Å². The van der Waals surface area contributed by atoms with E-state index >= 15 is 0 Å². The molecule has 1 saturated carbocycles. The van der Waals surface area contributed by atoms with Gasteiger partial charge in [0, 0.05) is 24.2 Å². The fourth-order valence-electron chi connectivity index (χ4n) is 3.57. The number of likely N-dealkylation sites (tertiary alicyclic amines) is 1. The average Bonchev–Trinajstić information content (AvgIpc) is 3.15. The van der Waals surface area contributed by atoms with Gasteiger partial charge in [0.25, 0.3) is 0 Å². The van der Waals surface area contributed by atoms with Crippen molar-refractivity contribution in [3.8, 4) is 0 Å². The maximum absolute atomic E-state index is 13.5. The molecule has 1 atom stereocenters. The summed E-state index contributed by atoms with van der Waals surface area (Å²) >= 11 is 0. The van der Waals surface area contributed by atoms with Gasteiger partial charge < -0.3 is 4.90 Å². The normalized spacial score (nSPS) is 21.2. The third-order valence-electron chi connectivity index (χ3n) is 5.15. The van der Waals surface area contributed by atoms with E-state index in [2.05, 4.69) is 10.1 Å². The minimum atomic E-state index is -4.52. The number of carbonyl (C=O) groups is 1. The quantitative estimate of drug-likeness (QED) is 0.827. The first-order chi connectivity index (χ1) is 12.3. The van der Waals surface area contributed by atoms with Crippen molar-refractivity contribution < 1.29 is 18.0 Å². The van der Waals surface area contributed by atoms with Crippen LogP contribution < -0.4 is 0 Å². The van der Waals surface area contributed by atoms with Crippen LogP contribution in [0.15, 0.2) is 12.1 Å². The minimum absolute atomic E-state index is 0.0871.